The van der Waals surface area contributed by atoms with E-state index < -0.39 is 18.6 Å². The molecule has 0 aromatic heterocycles. The van der Waals surface area contributed by atoms with Gasteiger partial charge in [0.25, 0.3) is 0 Å². The van der Waals surface area contributed by atoms with Crippen LogP contribution in [0.3, 0.4) is 0 Å². The number of allylic oxidation sites excluding steroid dienone is 2. The van der Waals surface area contributed by atoms with Crippen LogP contribution in [-0.4, -0.2) is 18.6 Å². The Morgan fingerprint density at radius 3 is 2.08 bits per heavy atom. The number of alkyl halides is 7. The molecule has 1 rings (SSSR count). The van der Waals surface area contributed by atoms with E-state index >= 15 is 0 Å². The van der Waals surface area contributed by atoms with Crippen molar-refractivity contribution in [3.8, 4) is 0 Å². The van der Waals surface area contributed by atoms with Crippen LogP contribution >= 0.6 is 73.9 Å². The Balaban J connectivity index is 3.22. The maximum atomic E-state index is 13.6. The molecule has 7 heteroatoms. The number of halogens is 7. The van der Waals surface area contributed by atoms with Crippen molar-refractivity contribution in [1.82, 2.24) is 0 Å². The second-order valence-electron chi connectivity index (χ2n) is 2.58. The third-order valence-corrected chi connectivity index (χ3v) is 6.55. The average molecular weight is 351 g/mol. The summed E-state index contributed by atoms with van der Waals surface area (Å²) in [5.74, 6) is 0. The Labute approximate surface area is 108 Å². The van der Waals surface area contributed by atoms with E-state index in [4.69, 9.17) is 58.0 Å². The standard InChI is InChI=1S/C6H3BrCl5F/c7-6(12)4(9,13)2-1-3(8)5(6,10)11/h1-3H. The van der Waals surface area contributed by atoms with E-state index in [2.05, 4.69) is 15.9 Å². The Hall–Kier alpha value is 1.60. The summed E-state index contributed by atoms with van der Waals surface area (Å²) in [5, 5.41) is -3.21. The molecule has 1 aliphatic rings. The molecule has 3 atom stereocenters. The fourth-order valence-corrected chi connectivity index (χ4v) is 2.55. The van der Waals surface area contributed by atoms with Crippen molar-refractivity contribution in [1.29, 1.82) is 0 Å². The van der Waals surface area contributed by atoms with E-state index in [1.165, 1.54) is 6.08 Å². The Bertz CT molecular complexity index is 249. The average Bonchev–Trinajstić information content (AvgIpc) is 1.97. The number of rotatable bonds is 0. The second kappa shape index (κ2) is 3.57. The van der Waals surface area contributed by atoms with Gasteiger partial charge in [0.2, 0.25) is 5.13 Å². The molecule has 76 valence electrons. The van der Waals surface area contributed by atoms with Gasteiger partial charge in [0.15, 0.2) is 8.12 Å². The molecule has 0 saturated heterocycles. The van der Waals surface area contributed by atoms with Crippen LogP contribution in [0.25, 0.3) is 0 Å². The Morgan fingerprint density at radius 1 is 1.23 bits per heavy atom. The maximum Gasteiger partial charge on any atom is 0.233 e. The first-order valence-electron chi connectivity index (χ1n) is 3.10. The summed E-state index contributed by atoms with van der Waals surface area (Å²) < 4.78 is 9.99. The minimum atomic E-state index is -2.39. The molecular weight excluding hydrogens is 348 g/mol. The number of hydrogen-bond acceptors (Lipinski definition) is 0. The molecule has 0 aliphatic heterocycles. The van der Waals surface area contributed by atoms with E-state index in [0.717, 1.165) is 6.08 Å². The minimum Gasteiger partial charge on any atom is -0.219 e. The fourth-order valence-electron chi connectivity index (χ4n) is 0.826. The first kappa shape index (κ1) is 12.7. The normalized spacial score (nSPS) is 49.3. The smallest absolute Gasteiger partial charge is 0.219 e. The molecule has 0 aromatic carbocycles. The van der Waals surface area contributed by atoms with Gasteiger partial charge in [-0.2, -0.15) is 0 Å². The van der Waals surface area contributed by atoms with E-state index in [1.807, 2.05) is 0 Å². The molecule has 0 heterocycles. The van der Waals surface area contributed by atoms with Crippen molar-refractivity contribution in [3.63, 3.8) is 0 Å². The first-order chi connectivity index (χ1) is 5.63. The lowest BCUT2D eigenvalue weighted by Gasteiger charge is -2.43. The summed E-state index contributed by atoms with van der Waals surface area (Å²) in [6.45, 7) is 0. The lowest BCUT2D eigenvalue weighted by atomic mass is 10.0. The Morgan fingerprint density at radius 2 is 1.69 bits per heavy atom. The minimum absolute atomic E-state index is 0.824. The van der Waals surface area contributed by atoms with Gasteiger partial charge in [-0.25, -0.2) is 4.39 Å². The molecule has 0 saturated carbocycles. The zero-order valence-corrected chi connectivity index (χ0v) is 11.2. The van der Waals surface area contributed by atoms with Gasteiger partial charge in [-0.1, -0.05) is 68.4 Å². The molecule has 0 amide bonds. The molecular formula is C6H3BrCl5F. The van der Waals surface area contributed by atoms with Gasteiger partial charge in [0.1, 0.15) is 0 Å². The van der Waals surface area contributed by atoms with Gasteiger partial charge in [0, 0.05) is 0 Å². The molecule has 0 N–H and O–H groups in total. The van der Waals surface area contributed by atoms with Gasteiger partial charge in [-0.15, -0.1) is 11.6 Å². The summed E-state index contributed by atoms with van der Waals surface area (Å²) in [5.41, 5.74) is 0. The highest BCUT2D eigenvalue weighted by Crippen LogP contribution is 2.59. The van der Waals surface area contributed by atoms with Crippen LogP contribution in [0, 0.1) is 0 Å². The molecule has 0 nitrogen and oxygen atoms in total. The van der Waals surface area contributed by atoms with E-state index in [1.54, 1.807) is 0 Å². The molecule has 0 fully saturated rings. The summed E-state index contributed by atoms with van der Waals surface area (Å²) in [6.07, 6.45) is 2.27. The molecule has 0 bridgehead atoms. The highest BCUT2D eigenvalue weighted by molar-refractivity contribution is 9.10. The van der Waals surface area contributed by atoms with E-state index in [9.17, 15) is 4.39 Å². The van der Waals surface area contributed by atoms with Gasteiger partial charge >= 0.3 is 0 Å². The van der Waals surface area contributed by atoms with Crippen LogP contribution in [-0.2, 0) is 0 Å². The van der Waals surface area contributed by atoms with Crippen LogP contribution in [0.4, 0.5) is 4.39 Å². The van der Waals surface area contributed by atoms with Gasteiger partial charge in [0.05, 0.1) is 5.38 Å². The zero-order chi connectivity index (χ0) is 10.5. The molecule has 1 aliphatic carbocycles. The lowest BCUT2D eigenvalue weighted by Crippen LogP contribution is -2.55. The third-order valence-electron chi connectivity index (χ3n) is 1.66. The van der Waals surface area contributed by atoms with Gasteiger partial charge in [-0.05, 0) is 6.08 Å². The SMILES string of the molecule is FC1(Cl)C=CC(Cl)C(Cl)(Cl)C1(Cl)Br. The number of hydrogen-bond donors (Lipinski definition) is 0. The highest BCUT2D eigenvalue weighted by Gasteiger charge is 2.64. The monoisotopic (exact) mass is 348 g/mol. The van der Waals surface area contributed by atoms with Gasteiger partial charge in [-0.3, -0.25) is 0 Å². The van der Waals surface area contributed by atoms with Crippen molar-refractivity contribution < 1.29 is 4.39 Å². The topological polar surface area (TPSA) is 0 Å². The second-order valence-corrected chi connectivity index (χ2v) is 7.20. The summed E-state index contributed by atoms with van der Waals surface area (Å²) >= 11 is 31.3. The lowest BCUT2D eigenvalue weighted by molar-refractivity contribution is 0.295. The molecule has 0 spiro atoms. The molecule has 13 heavy (non-hydrogen) atoms. The van der Waals surface area contributed by atoms with Crippen molar-refractivity contribution >= 4 is 73.9 Å². The predicted molar refractivity (Wildman–Crippen MR) is 60.4 cm³/mol. The van der Waals surface area contributed by atoms with Crippen molar-refractivity contribution in [3.05, 3.63) is 12.2 Å². The quantitative estimate of drug-likeness (QED) is 0.443. The molecule has 0 aromatic rings. The van der Waals surface area contributed by atoms with Crippen molar-refractivity contribution in [2.45, 2.75) is 18.6 Å². The van der Waals surface area contributed by atoms with Crippen LogP contribution in [0.5, 0.6) is 0 Å². The van der Waals surface area contributed by atoms with Crippen molar-refractivity contribution in [2.75, 3.05) is 0 Å². The maximum absolute atomic E-state index is 13.6. The molecule has 0 radical (unpaired) electrons. The summed E-state index contributed by atoms with van der Waals surface area (Å²) in [6, 6.07) is 0. The summed E-state index contributed by atoms with van der Waals surface area (Å²) in [7, 11) is 0. The van der Waals surface area contributed by atoms with Crippen LogP contribution in [0.2, 0.25) is 0 Å². The van der Waals surface area contributed by atoms with E-state index in [-0.39, 0.29) is 0 Å². The summed E-state index contributed by atoms with van der Waals surface area (Å²) in [4.78, 5) is 0. The van der Waals surface area contributed by atoms with E-state index in [0.29, 0.717) is 0 Å². The molecule has 3 unspecified atom stereocenters. The van der Waals surface area contributed by atoms with Crippen LogP contribution < -0.4 is 0 Å². The largest absolute Gasteiger partial charge is 0.233 e. The highest BCUT2D eigenvalue weighted by atomic mass is 79.9. The van der Waals surface area contributed by atoms with Crippen molar-refractivity contribution in [2.24, 2.45) is 0 Å². The first-order valence-corrected chi connectivity index (χ1v) is 5.84. The predicted octanol–water partition coefficient (Wildman–Crippen LogP) is 4.57. The van der Waals surface area contributed by atoms with Gasteiger partial charge < -0.3 is 0 Å². The third kappa shape index (κ3) is 1.83. The Kier molecular flexibility index (Phi) is 3.48. The zero-order valence-electron chi connectivity index (χ0n) is 5.88. The van der Waals surface area contributed by atoms with Crippen LogP contribution in [0.1, 0.15) is 0 Å². The fraction of sp³-hybridized carbons (Fsp3) is 0.667. The van der Waals surface area contributed by atoms with Crippen LogP contribution in [0.15, 0.2) is 12.2 Å².